The summed E-state index contributed by atoms with van der Waals surface area (Å²) in [6, 6.07) is 9.81. The van der Waals surface area contributed by atoms with Crippen LogP contribution in [0.4, 0.5) is 0 Å². The van der Waals surface area contributed by atoms with Crippen LogP contribution in [0.3, 0.4) is 0 Å². The van der Waals surface area contributed by atoms with E-state index in [0.29, 0.717) is 0 Å². The van der Waals surface area contributed by atoms with Gasteiger partial charge in [0.1, 0.15) is 0 Å². The monoisotopic (exact) mass is 200 g/mol. The highest BCUT2D eigenvalue weighted by molar-refractivity contribution is 5.85. The average molecular weight is 200 g/mol. The molecule has 0 saturated heterocycles. The van der Waals surface area contributed by atoms with E-state index < -0.39 is 0 Å². The van der Waals surface area contributed by atoms with Crippen molar-refractivity contribution in [2.24, 2.45) is 5.73 Å². The van der Waals surface area contributed by atoms with Gasteiger partial charge in [0.2, 0.25) is 5.91 Å². The lowest BCUT2D eigenvalue weighted by molar-refractivity contribution is -0.119. The predicted molar refractivity (Wildman–Crippen MR) is 59.4 cm³/mol. The van der Waals surface area contributed by atoms with Gasteiger partial charge >= 0.3 is 0 Å². The van der Waals surface area contributed by atoms with Gasteiger partial charge in [-0.05, 0) is 18.4 Å². The molecule has 2 aromatic rings. The van der Waals surface area contributed by atoms with E-state index in [1.54, 1.807) is 13.1 Å². The SMILES string of the molecule is CC(C(N)=O)c1cc2ccccc2cn1. The molecule has 1 aromatic carbocycles. The van der Waals surface area contributed by atoms with E-state index in [-0.39, 0.29) is 11.8 Å². The van der Waals surface area contributed by atoms with Gasteiger partial charge in [0.15, 0.2) is 0 Å². The number of nitrogens with two attached hydrogens (primary N) is 1. The standard InChI is InChI=1S/C12H12N2O/c1-8(12(13)15)11-6-9-4-2-3-5-10(9)7-14-11/h2-8H,1H3,(H2,13,15). The third-order valence-electron chi connectivity index (χ3n) is 2.52. The zero-order valence-corrected chi connectivity index (χ0v) is 8.47. The molecule has 1 unspecified atom stereocenters. The third-order valence-corrected chi connectivity index (χ3v) is 2.52. The molecular formula is C12H12N2O. The van der Waals surface area contributed by atoms with Crippen LogP contribution in [0.5, 0.6) is 0 Å². The smallest absolute Gasteiger partial charge is 0.226 e. The van der Waals surface area contributed by atoms with Crippen molar-refractivity contribution in [3.8, 4) is 0 Å². The number of carbonyl (C=O) groups excluding carboxylic acids is 1. The number of rotatable bonds is 2. The fourth-order valence-electron chi connectivity index (χ4n) is 1.48. The van der Waals surface area contributed by atoms with Crippen molar-refractivity contribution in [2.75, 3.05) is 0 Å². The molecule has 0 saturated carbocycles. The van der Waals surface area contributed by atoms with Crippen molar-refractivity contribution in [3.05, 3.63) is 42.2 Å². The predicted octanol–water partition coefficient (Wildman–Crippen LogP) is 1.82. The second-order valence-electron chi connectivity index (χ2n) is 3.58. The molecule has 0 fully saturated rings. The highest BCUT2D eigenvalue weighted by Crippen LogP contribution is 2.18. The van der Waals surface area contributed by atoms with Crippen LogP contribution in [-0.2, 0) is 4.79 Å². The highest BCUT2D eigenvalue weighted by Gasteiger charge is 2.12. The lowest BCUT2D eigenvalue weighted by Crippen LogP contribution is -2.19. The second-order valence-corrected chi connectivity index (χ2v) is 3.58. The molecule has 2 rings (SSSR count). The number of aromatic nitrogens is 1. The normalized spacial score (nSPS) is 12.6. The highest BCUT2D eigenvalue weighted by atomic mass is 16.1. The van der Waals surface area contributed by atoms with Crippen molar-refractivity contribution >= 4 is 16.7 Å². The van der Waals surface area contributed by atoms with Gasteiger partial charge in [-0.3, -0.25) is 9.78 Å². The van der Waals surface area contributed by atoms with Crippen LogP contribution in [0.2, 0.25) is 0 Å². The van der Waals surface area contributed by atoms with Crippen LogP contribution < -0.4 is 5.73 Å². The van der Waals surface area contributed by atoms with Gasteiger partial charge in [-0.25, -0.2) is 0 Å². The summed E-state index contributed by atoms with van der Waals surface area (Å²) in [6.45, 7) is 1.76. The fraction of sp³-hybridized carbons (Fsp3) is 0.167. The maximum absolute atomic E-state index is 11.0. The molecule has 1 atom stereocenters. The van der Waals surface area contributed by atoms with Gasteiger partial charge in [-0.1, -0.05) is 24.3 Å². The average Bonchev–Trinajstić information content (AvgIpc) is 2.27. The first kappa shape index (κ1) is 9.65. The van der Waals surface area contributed by atoms with E-state index in [2.05, 4.69) is 4.98 Å². The Hall–Kier alpha value is -1.90. The summed E-state index contributed by atoms with van der Waals surface area (Å²) in [5.74, 6) is -0.688. The molecule has 0 radical (unpaired) electrons. The van der Waals surface area contributed by atoms with Crippen LogP contribution in [0.1, 0.15) is 18.5 Å². The second kappa shape index (κ2) is 3.69. The van der Waals surface area contributed by atoms with Gasteiger partial charge in [-0.15, -0.1) is 0 Å². The fourth-order valence-corrected chi connectivity index (χ4v) is 1.48. The number of hydrogen-bond acceptors (Lipinski definition) is 2. The Balaban J connectivity index is 2.51. The lowest BCUT2D eigenvalue weighted by Gasteiger charge is -2.07. The topological polar surface area (TPSA) is 56.0 Å². The number of benzene rings is 1. The number of hydrogen-bond donors (Lipinski definition) is 1. The van der Waals surface area contributed by atoms with E-state index >= 15 is 0 Å². The van der Waals surface area contributed by atoms with Gasteiger partial charge in [-0.2, -0.15) is 0 Å². The Morgan fingerprint density at radius 3 is 2.67 bits per heavy atom. The van der Waals surface area contributed by atoms with E-state index in [9.17, 15) is 4.79 Å². The minimum absolute atomic E-state index is 0.338. The maximum atomic E-state index is 11.0. The van der Waals surface area contributed by atoms with Gasteiger partial charge in [0.25, 0.3) is 0 Å². The van der Waals surface area contributed by atoms with Crippen molar-refractivity contribution in [2.45, 2.75) is 12.8 Å². The minimum atomic E-state index is -0.349. The van der Waals surface area contributed by atoms with E-state index in [1.807, 2.05) is 30.3 Å². The zero-order chi connectivity index (χ0) is 10.8. The molecule has 3 heteroatoms. The molecule has 1 heterocycles. The Kier molecular flexibility index (Phi) is 2.37. The zero-order valence-electron chi connectivity index (χ0n) is 8.47. The number of nitrogens with zero attached hydrogens (tertiary/aromatic N) is 1. The Bertz CT molecular complexity index is 508. The molecular weight excluding hydrogens is 188 g/mol. The van der Waals surface area contributed by atoms with Crippen molar-refractivity contribution in [1.82, 2.24) is 4.98 Å². The van der Waals surface area contributed by atoms with Gasteiger partial charge in [0, 0.05) is 11.6 Å². The van der Waals surface area contributed by atoms with E-state index in [1.165, 1.54) is 0 Å². The Labute approximate surface area is 87.9 Å². The van der Waals surface area contributed by atoms with Crippen molar-refractivity contribution in [3.63, 3.8) is 0 Å². The Morgan fingerprint density at radius 1 is 1.33 bits per heavy atom. The van der Waals surface area contributed by atoms with Gasteiger partial charge < -0.3 is 5.73 Å². The summed E-state index contributed by atoms with van der Waals surface area (Å²) >= 11 is 0. The van der Waals surface area contributed by atoms with Crippen LogP contribution in [0, 0.1) is 0 Å². The number of amides is 1. The number of pyridine rings is 1. The van der Waals surface area contributed by atoms with Crippen LogP contribution in [0.15, 0.2) is 36.5 Å². The van der Waals surface area contributed by atoms with Crippen LogP contribution >= 0.6 is 0 Å². The van der Waals surface area contributed by atoms with E-state index in [0.717, 1.165) is 16.5 Å². The number of fused-ring (bicyclic) bond motifs is 1. The molecule has 0 aliphatic rings. The summed E-state index contributed by atoms with van der Waals surface area (Å²) in [6.07, 6.45) is 1.77. The minimum Gasteiger partial charge on any atom is -0.369 e. The van der Waals surface area contributed by atoms with Crippen LogP contribution in [0.25, 0.3) is 10.8 Å². The molecule has 0 aliphatic heterocycles. The number of primary amides is 1. The third kappa shape index (κ3) is 1.81. The van der Waals surface area contributed by atoms with Crippen LogP contribution in [-0.4, -0.2) is 10.9 Å². The molecule has 1 aromatic heterocycles. The van der Waals surface area contributed by atoms with Crippen molar-refractivity contribution < 1.29 is 4.79 Å². The first-order valence-electron chi connectivity index (χ1n) is 4.82. The molecule has 0 aliphatic carbocycles. The lowest BCUT2D eigenvalue weighted by atomic mass is 10.0. The quantitative estimate of drug-likeness (QED) is 0.803. The summed E-state index contributed by atoms with van der Waals surface area (Å²) in [5.41, 5.74) is 5.96. The Morgan fingerprint density at radius 2 is 2.00 bits per heavy atom. The largest absolute Gasteiger partial charge is 0.369 e. The molecule has 0 bridgehead atoms. The summed E-state index contributed by atoms with van der Waals surface area (Å²) in [5, 5.41) is 2.15. The molecule has 0 spiro atoms. The molecule has 2 N–H and O–H groups in total. The summed E-state index contributed by atoms with van der Waals surface area (Å²) in [4.78, 5) is 15.2. The first-order valence-corrected chi connectivity index (χ1v) is 4.82. The molecule has 76 valence electrons. The first-order chi connectivity index (χ1) is 7.18. The molecule has 3 nitrogen and oxygen atoms in total. The summed E-state index contributed by atoms with van der Waals surface area (Å²) in [7, 11) is 0. The van der Waals surface area contributed by atoms with Crippen molar-refractivity contribution in [1.29, 1.82) is 0 Å². The number of carbonyl (C=O) groups is 1. The summed E-state index contributed by atoms with van der Waals surface area (Å²) < 4.78 is 0. The molecule has 1 amide bonds. The van der Waals surface area contributed by atoms with Gasteiger partial charge in [0.05, 0.1) is 11.6 Å². The molecule has 15 heavy (non-hydrogen) atoms. The maximum Gasteiger partial charge on any atom is 0.226 e. The van der Waals surface area contributed by atoms with E-state index in [4.69, 9.17) is 5.73 Å².